The van der Waals surface area contributed by atoms with Crippen molar-refractivity contribution in [3.05, 3.63) is 29.3 Å². The largest absolute Gasteiger partial charge is 0.501 e. The molecule has 1 atom stereocenters. The number of ether oxygens (including phenoxy) is 1. The first-order chi connectivity index (χ1) is 7.20. The van der Waals surface area contributed by atoms with Gasteiger partial charge in [-0.25, -0.2) is 0 Å². The third kappa shape index (κ3) is 1.90. The molecule has 0 spiro atoms. The second-order valence-electron chi connectivity index (χ2n) is 3.95. The summed E-state index contributed by atoms with van der Waals surface area (Å²) in [6, 6.07) is -0.0704. The zero-order valence-corrected chi connectivity index (χ0v) is 9.23. The molecule has 4 nitrogen and oxygen atoms in total. The van der Waals surface area contributed by atoms with E-state index in [0.717, 1.165) is 36.3 Å². The Hall–Kier alpha value is -1.29. The van der Waals surface area contributed by atoms with E-state index in [1.807, 2.05) is 24.9 Å². The maximum absolute atomic E-state index is 6.18. The minimum atomic E-state index is -0.0704. The maximum atomic E-state index is 6.18. The maximum Gasteiger partial charge on any atom is 0.0876 e. The molecule has 0 aliphatic carbocycles. The summed E-state index contributed by atoms with van der Waals surface area (Å²) in [5.74, 6) is 0. The van der Waals surface area contributed by atoms with Gasteiger partial charge >= 0.3 is 0 Å². The van der Waals surface area contributed by atoms with E-state index < -0.39 is 0 Å². The van der Waals surface area contributed by atoms with Crippen LogP contribution in [0.2, 0.25) is 0 Å². The molecular formula is C11H17N3O. The van der Waals surface area contributed by atoms with E-state index in [4.69, 9.17) is 10.5 Å². The van der Waals surface area contributed by atoms with Gasteiger partial charge in [-0.3, -0.25) is 4.68 Å². The second kappa shape index (κ2) is 4.06. The predicted octanol–water partition coefficient (Wildman–Crippen LogP) is 1.42. The molecule has 1 aliphatic heterocycles. The summed E-state index contributed by atoms with van der Waals surface area (Å²) in [5.41, 5.74) is 9.56. The van der Waals surface area contributed by atoms with Crippen LogP contribution in [0.1, 0.15) is 30.1 Å². The Bertz CT molecular complexity index is 381. The van der Waals surface area contributed by atoms with Crippen molar-refractivity contribution in [2.24, 2.45) is 12.8 Å². The van der Waals surface area contributed by atoms with E-state index in [-0.39, 0.29) is 6.04 Å². The van der Waals surface area contributed by atoms with Crippen molar-refractivity contribution in [1.82, 2.24) is 9.78 Å². The zero-order chi connectivity index (χ0) is 10.8. The predicted molar refractivity (Wildman–Crippen MR) is 58.1 cm³/mol. The highest BCUT2D eigenvalue weighted by Crippen LogP contribution is 2.26. The van der Waals surface area contributed by atoms with Gasteiger partial charge < -0.3 is 10.5 Å². The lowest BCUT2D eigenvalue weighted by atomic mass is 9.97. The number of rotatable bonds is 2. The Labute approximate surface area is 89.7 Å². The second-order valence-corrected chi connectivity index (χ2v) is 3.95. The molecule has 0 aromatic carbocycles. The summed E-state index contributed by atoms with van der Waals surface area (Å²) in [5, 5.41) is 4.20. The van der Waals surface area contributed by atoms with Gasteiger partial charge in [0, 0.05) is 18.3 Å². The molecule has 2 heterocycles. The lowest BCUT2D eigenvalue weighted by molar-refractivity contribution is 0.221. The number of nitrogens with zero attached hydrogens (tertiary/aromatic N) is 2. The van der Waals surface area contributed by atoms with Crippen molar-refractivity contribution >= 4 is 0 Å². The third-order valence-corrected chi connectivity index (χ3v) is 2.97. The molecule has 0 saturated heterocycles. The van der Waals surface area contributed by atoms with E-state index in [9.17, 15) is 0 Å². The van der Waals surface area contributed by atoms with Gasteiger partial charge in [0.25, 0.3) is 0 Å². The highest BCUT2D eigenvalue weighted by Gasteiger charge is 2.18. The van der Waals surface area contributed by atoms with Crippen molar-refractivity contribution < 1.29 is 4.74 Å². The Balaban J connectivity index is 2.23. The number of hydrogen-bond donors (Lipinski definition) is 1. The van der Waals surface area contributed by atoms with Crippen LogP contribution < -0.4 is 5.73 Å². The van der Waals surface area contributed by atoms with Gasteiger partial charge in [0.1, 0.15) is 0 Å². The average Bonchev–Trinajstić information content (AvgIpc) is 2.60. The molecule has 82 valence electrons. The first-order valence-electron chi connectivity index (χ1n) is 5.24. The fraction of sp³-hybridized carbons (Fsp3) is 0.545. The van der Waals surface area contributed by atoms with Crippen LogP contribution in [-0.4, -0.2) is 16.4 Å². The normalized spacial score (nSPS) is 18.2. The van der Waals surface area contributed by atoms with Crippen LogP contribution in [0.3, 0.4) is 0 Å². The summed E-state index contributed by atoms with van der Waals surface area (Å²) >= 11 is 0. The number of nitrogens with two attached hydrogens (primary N) is 1. The Kier molecular flexibility index (Phi) is 2.77. The van der Waals surface area contributed by atoms with Crippen LogP contribution >= 0.6 is 0 Å². The quantitative estimate of drug-likeness (QED) is 0.798. The zero-order valence-electron chi connectivity index (χ0n) is 9.23. The van der Waals surface area contributed by atoms with E-state index in [2.05, 4.69) is 5.10 Å². The highest BCUT2D eigenvalue weighted by molar-refractivity contribution is 5.28. The fourth-order valence-electron chi connectivity index (χ4n) is 1.83. The number of aryl methyl sites for hydroxylation is 1. The van der Waals surface area contributed by atoms with Crippen molar-refractivity contribution in [3.8, 4) is 0 Å². The molecule has 2 rings (SSSR count). The number of hydrogen-bond acceptors (Lipinski definition) is 3. The molecule has 1 unspecified atom stereocenters. The summed E-state index contributed by atoms with van der Waals surface area (Å²) < 4.78 is 7.15. The summed E-state index contributed by atoms with van der Waals surface area (Å²) in [6.07, 6.45) is 5.73. The minimum absolute atomic E-state index is 0.0704. The van der Waals surface area contributed by atoms with Crippen LogP contribution in [-0.2, 0) is 11.8 Å². The third-order valence-electron chi connectivity index (χ3n) is 2.97. The van der Waals surface area contributed by atoms with Crippen molar-refractivity contribution in [2.75, 3.05) is 6.61 Å². The van der Waals surface area contributed by atoms with Gasteiger partial charge in [0.2, 0.25) is 0 Å². The topological polar surface area (TPSA) is 53.1 Å². The van der Waals surface area contributed by atoms with Gasteiger partial charge in [-0.1, -0.05) is 0 Å². The van der Waals surface area contributed by atoms with Crippen LogP contribution in [0.25, 0.3) is 0 Å². The standard InChI is InChI=1S/C11H17N3O/c1-8-10(6-13-14(8)2)11(12)9-4-3-5-15-7-9/h6-7,11H,3-5,12H2,1-2H3. The summed E-state index contributed by atoms with van der Waals surface area (Å²) in [4.78, 5) is 0. The molecule has 2 N–H and O–H groups in total. The van der Waals surface area contributed by atoms with Gasteiger partial charge in [0.05, 0.1) is 25.1 Å². The van der Waals surface area contributed by atoms with E-state index >= 15 is 0 Å². The van der Waals surface area contributed by atoms with Crippen LogP contribution in [0.4, 0.5) is 0 Å². The lowest BCUT2D eigenvalue weighted by Crippen LogP contribution is -2.17. The molecule has 4 heteroatoms. The Morgan fingerprint density at radius 2 is 2.40 bits per heavy atom. The molecule has 0 amide bonds. The van der Waals surface area contributed by atoms with E-state index in [1.165, 1.54) is 0 Å². The number of aromatic nitrogens is 2. The van der Waals surface area contributed by atoms with Gasteiger partial charge in [-0.15, -0.1) is 0 Å². The van der Waals surface area contributed by atoms with Gasteiger partial charge in [-0.05, 0) is 25.3 Å². The summed E-state index contributed by atoms with van der Waals surface area (Å²) in [7, 11) is 1.93. The van der Waals surface area contributed by atoms with Crippen LogP contribution in [0.5, 0.6) is 0 Å². The van der Waals surface area contributed by atoms with E-state index in [0.29, 0.717) is 0 Å². The van der Waals surface area contributed by atoms with Gasteiger partial charge in [0.15, 0.2) is 0 Å². The molecule has 0 radical (unpaired) electrons. The Morgan fingerprint density at radius 1 is 1.60 bits per heavy atom. The monoisotopic (exact) mass is 207 g/mol. The van der Waals surface area contributed by atoms with Crippen molar-refractivity contribution in [3.63, 3.8) is 0 Å². The minimum Gasteiger partial charge on any atom is -0.501 e. The lowest BCUT2D eigenvalue weighted by Gasteiger charge is -2.19. The first-order valence-corrected chi connectivity index (χ1v) is 5.24. The fourth-order valence-corrected chi connectivity index (χ4v) is 1.83. The molecule has 0 bridgehead atoms. The van der Waals surface area contributed by atoms with Gasteiger partial charge in [-0.2, -0.15) is 5.10 Å². The highest BCUT2D eigenvalue weighted by atomic mass is 16.5. The molecule has 1 aromatic rings. The average molecular weight is 207 g/mol. The molecule has 0 saturated carbocycles. The molecular weight excluding hydrogens is 190 g/mol. The van der Waals surface area contributed by atoms with Crippen molar-refractivity contribution in [1.29, 1.82) is 0 Å². The van der Waals surface area contributed by atoms with E-state index in [1.54, 1.807) is 6.26 Å². The molecule has 1 aliphatic rings. The Morgan fingerprint density at radius 3 is 2.93 bits per heavy atom. The van der Waals surface area contributed by atoms with Crippen molar-refractivity contribution in [2.45, 2.75) is 25.8 Å². The molecule has 15 heavy (non-hydrogen) atoms. The molecule has 0 fully saturated rings. The molecule has 1 aromatic heterocycles. The SMILES string of the molecule is Cc1c(C(N)C2=COCCC2)cnn1C. The smallest absolute Gasteiger partial charge is 0.0876 e. The first kappa shape index (κ1) is 10.2. The van der Waals surface area contributed by atoms with Crippen LogP contribution in [0.15, 0.2) is 18.0 Å². The summed E-state index contributed by atoms with van der Waals surface area (Å²) in [6.45, 7) is 2.84. The van der Waals surface area contributed by atoms with Crippen LogP contribution in [0, 0.1) is 6.92 Å².